The van der Waals surface area contributed by atoms with Crippen LogP contribution in [-0.2, 0) is 5.11 Å². The third-order valence-corrected chi connectivity index (χ3v) is 3.41. The van der Waals surface area contributed by atoms with Gasteiger partial charge in [-0.15, -0.1) is 0 Å². The number of benzene rings is 2. The highest BCUT2D eigenvalue weighted by molar-refractivity contribution is 9.11. The summed E-state index contributed by atoms with van der Waals surface area (Å²) in [6, 6.07) is 10.2. The molecule has 2 rings (SSSR count). The van der Waals surface area contributed by atoms with Crippen molar-refractivity contribution in [2.24, 2.45) is 0 Å². The van der Waals surface area contributed by atoms with Crippen LogP contribution in [0.3, 0.4) is 0 Å². The minimum atomic E-state index is -0.0133. The minimum absolute atomic E-state index is 0.0133. The van der Waals surface area contributed by atoms with Crippen LogP contribution < -0.4 is 0 Å². The molecule has 0 fully saturated rings. The Balaban J connectivity index is 2.52. The van der Waals surface area contributed by atoms with Crippen molar-refractivity contribution in [2.75, 3.05) is 0 Å². The van der Waals surface area contributed by atoms with Crippen molar-refractivity contribution in [3.8, 4) is 22.6 Å². The fourth-order valence-electron chi connectivity index (χ4n) is 1.38. The van der Waals surface area contributed by atoms with Gasteiger partial charge in [0, 0.05) is 0 Å². The zero-order valence-corrected chi connectivity index (χ0v) is 11.2. The standard InChI is InChI=1S/C12H7Br2O2/c13-10-5-8(6-11(14)12(10)16)7-1-3-9(15)4-2-7/h1-6,16H. The van der Waals surface area contributed by atoms with E-state index < -0.39 is 0 Å². The second-order valence-electron chi connectivity index (χ2n) is 3.31. The summed E-state index contributed by atoms with van der Waals surface area (Å²) in [5.74, 6) is 0.157. The molecule has 2 aromatic rings. The van der Waals surface area contributed by atoms with E-state index in [-0.39, 0.29) is 11.5 Å². The number of phenols is 1. The van der Waals surface area contributed by atoms with Crippen molar-refractivity contribution in [1.82, 2.24) is 0 Å². The Labute approximate surface area is 110 Å². The van der Waals surface area contributed by atoms with Crippen LogP contribution in [0.5, 0.6) is 11.5 Å². The highest BCUT2D eigenvalue weighted by atomic mass is 79.9. The Bertz CT molecular complexity index is 498. The van der Waals surface area contributed by atoms with Gasteiger partial charge in [-0.25, -0.2) is 0 Å². The van der Waals surface area contributed by atoms with E-state index in [4.69, 9.17) is 0 Å². The van der Waals surface area contributed by atoms with Gasteiger partial charge in [0.25, 0.3) is 0 Å². The summed E-state index contributed by atoms with van der Waals surface area (Å²) in [4.78, 5) is 0. The number of phenolic OH excluding ortho intramolecular Hbond substituents is 1. The van der Waals surface area contributed by atoms with E-state index in [2.05, 4.69) is 31.9 Å². The SMILES string of the molecule is [O]c1ccc(-c2cc(Br)c(O)c(Br)c2)cc1. The van der Waals surface area contributed by atoms with Crippen molar-refractivity contribution in [3.63, 3.8) is 0 Å². The fourth-order valence-corrected chi connectivity index (χ4v) is 2.57. The van der Waals surface area contributed by atoms with Crippen molar-refractivity contribution in [1.29, 1.82) is 0 Å². The molecule has 2 nitrogen and oxygen atoms in total. The maximum atomic E-state index is 11.0. The smallest absolute Gasteiger partial charge is 0.178 e. The lowest BCUT2D eigenvalue weighted by Crippen LogP contribution is -1.79. The average molecular weight is 343 g/mol. The molecule has 0 saturated heterocycles. The molecule has 0 amide bonds. The van der Waals surface area contributed by atoms with Crippen molar-refractivity contribution in [3.05, 3.63) is 45.3 Å². The molecule has 81 valence electrons. The number of rotatable bonds is 1. The molecule has 0 spiro atoms. The van der Waals surface area contributed by atoms with E-state index in [9.17, 15) is 10.2 Å². The molecule has 0 aliphatic heterocycles. The summed E-state index contributed by atoms with van der Waals surface area (Å²) in [6.07, 6.45) is 0. The number of aromatic hydroxyl groups is 1. The predicted molar refractivity (Wildman–Crippen MR) is 69.1 cm³/mol. The lowest BCUT2D eigenvalue weighted by atomic mass is 10.1. The van der Waals surface area contributed by atoms with Gasteiger partial charge in [-0.05, 0) is 67.3 Å². The molecule has 0 bridgehead atoms. The number of hydrogen-bond acceptors (Lipinski definition) is 1. The van der Waals surface area contributed by atoms with Gasteiger partial charge in [0.15, 0.2) is 5.75 Å². The van der Waals surface area contributed by atoms with Crippen LogP contribution in [0.2, 0.25) is 0 Å². The lowest BCUT2D eigenvalue weighted by molar-refractivity contribution is 0.355. The van der Waals surface area contributed by atoms with Gasteiger partial charge in [0.05, 0.1) is 8.95 Å². The first-order valence-corrected chi connectivity index (χ1v) is 6.12. The molecule has 0 aromatic heterocycles. The van der Waals surface area contributed by atoms with E-state index in [1.165, 1.54) is 12.1 Å². The molecule has 1 radical (unpaired) electrons. The third kappa shape index (κ3) is 2.23. The normalized spacial score (nSPS) is 10.4. The number of hydrogen-bond donors (Lipinski definition) is 1. The van der Waals surface area contributed by atoms with Crippen molar-refractivity contribution < 1.29 is 10.2 Å². The van der Waals surface area contributed by atoms with Gasteiger partial charge in [0.1, 0.15) is 5.75 Å². The quantitative estimate of drug-likeness (QED) is 0.799. The zero-order valence-electron chi connectivity index (χ0n) is 8.08. The first-order chi connectivity index (χ1) is 7.58. The van der Waals surface area contributed by atoms with Crippen LogP contribution >= 0.6 is 31.9 Å². The molecule has 0 unspecified atom stereocenters. The Morgan fingerprint density at radius 3 is 1.88 bits per heavy atom. The van der Waals surface area contributed by atoms with Gasteiger partial charge in [-0.3, -0.25) is 5.11 Å². The van der Waals surface area contributed by atoms with Gasteiger partial charge < -0.3 is 5.11 Å². The van der Waals surface area contributed by atoms with Gasteiger partial charge >= 0.3 is 0 Å². The fraction of sp³-hybridized carbons (Fsp3) is 0. The second kappa shape index (κ2) is 4.47. The third-order valence-electron chi connectivity index (χ3n) is 2.20. The van der Waals surface area contributed by atoms with Crippen molar-refractivity contribution >= 4 is 31.9 Å². The molecule has 0 saturated carbocycles. The van der Waals surface area contributed by atoms with Crippen LogP contribution in [0.25, 0.3) is 11.1 Å². The van der Waals surface area contributed by atoms with Gasteiger partial charge in [-0.1, -0.05) is 12.1 Å². The Morgan fingerprint density at radius 1 is 0.875 bits per heavy atom. The Morgan fingerprint density at radius 2 is 1.38 bits per heavy atom. The first-order valence-electron chi connectivity index (χ1n) is 4.53. The molecule has 16 heavy (non-hydrogen) atoms. The van der Waals surface area contributed by atoms with E-state index in [0.717, 1.165) is 11.1 Å². The highest BCUT2D eigenvalue weighted by Gasteiger charge is 2.07. The topological polar surface area (TPSA) is 40.1 Å². The summed E-state index contributed by atoms with van der Waals surface area (Å²) in [7, 11) is 0. The van der Waals surface area contributed by atoms with Crippen LogP contribution in [-0.4, -0.2) is 5.11 Å². The van der Waals surface area contributed by atoms with Crippen LogP contribution in [0.1, 0.15) is 0 Å². The summed E-state index contributed by atoms with van der Waals surface area (Å²) in [5, 5.41) is 20.6. The summed E-state index contributed by atoms with van der Waals surface area (Å²) < 4.78 is 1.23. The van der Waals surface area contributed by atoms with E-state index in [0.29, 0.717) is 8.95 Å². The average Bonchev–Trinajstić information content (AvgIpc) is 2.26. The molecule has 4 heteroatoms. The van der Waals surface area contributed by atoms with Gasteiger partial charge in [0.2, 0.25) is 0 Å². The van der Waals surface area contributed by atoms with Gasteiger partial charge in [-0.2, -0.15) is 0 Å². The Kier molecular flexibility index (Phi) is 3.21. The molecular weight excluding hydrogens is 336 g/mol. The summed E-state index contributed by atoms with van der Waals surface area (Å²) >= 11 is 6.53. The molecule has 0 heterocycles. The molecule has 0 aliphatic rings. The maximum absolute atomic E-state index is 11.0. The lowest BCUT2D eigenvalue weighted by Gasteiger charge is -2.06. The van der Waals surface area contributed by atoms with E-state index in [1.54, 1.807) is 24.3 Å². The van der Waals surface area contributed by atoms with Crippen LogP contribution in [0, 0.1) is 0 Å². The van der Waals surface area contributed by atoms with E-state index in [1.807, 2.05) is 0 Å². The summed E-state index contributed by atoms with van der Waals surface area (Å²) in [6.45, 7) is 0. The van der Waals surface area contributed by atoms with Crippen molar-refractivity contribution in [2.45, 2.75) is 0 Å². The molecule has 0 atom stereocenters. The minimum Gasteiger partial charge on any atom is -0.506 e. The Hall–Kier alpha value is -1.00. The number of halogens is 2. The molecule has 1 N–H and O–H groups in total. The highest BCUT2D eigenvalue weighted by Crippen LogP contribution is 2.37. The summed E-state index contributed by atoms with van der Waals surface area (Å²) in [5.41, 5.74) is 1.86. The molecular formula is C12H7Br2O2. The first kappa shape index (κ1) is 11.5. The molecule has 2 aromatic carbocycles. The van der Waals surface area contributed by atoms with E-state index >= 15 is 0 Å². The molecule has 0 aliphatic carbocycles. The maximum Gasteiger partial charge on any atom is 0.178 e. The second-order valence-corrected chi connectivity index (χ2v) is 5.02. The largest absolute Gasteiger partial charge is 0.506 e. The zero-order chi connectivity index (χ0) is 11.7. The van der Waals surface area contributed by atoms with Crippen LogP contribution in [0.15, 0.2) is 45.3 Å². The van der Waals surface area contributed by atoms with Crippen LogP contribution in [0.4, 0.5) is 0 Å². The predicted octanol–water partition coefficient (Wildman–Crippen LogP) is 4.73. The monoisotopic (exact) mass is 341 g/mol.